The molecule has 0 saturated heterocycles. The van der Waals surface area contributed by atoms with Gasteiger partial charge in [-0.25, -0.2) is 10.8 Å². The fraction of sp³-hybridized carbons (Fsp3) is 0.300. The fourth-order valence-corrected chi connectivity index (χ4v) is 1.57. The van der Waals surface area contributed by atoms with Gasteiger partial charge in [-0.3, -0.25) is 4.79 Å². The number of hydrazine groups is 1. The van der Waals surface area contributed by atoms with Crippen LogP contribution in [0.2, 0.25) is 0 Å². The SMILES string of the molecule is CN(CCC#N)C(=O)c1cc(Br)cnc1NN. The molecular weight excluding hydrogens is 286 g/mol. The molecule has 17 heavy (non-hydrogen) atoms. The van der Waals surface area contributed by atoms with Crippen molar-refractivity contribution in [1.82, 2.24) is 9.88 Å². The number of anilines is 1. The molecule has 0 aromatic carbocycles. The minimum atomic E-state index is -0.234. The van der Waals surface area contributed by atoms with Crippen LogP contribution in [-0.2, 0) is 0 Å². The number of carbonyl (C=O) groups excluding carboxylic acids is 1. The summed E-state index contributed by atoms with van der Waals surface area (Å²) in [7, 11) is 1.63. The van der Waals surface area contributed by atoms with Crippen molar-refractivity contribution in [1.29, 1.82) is 5.26 Å². The van der Waals surface area contributed by atoms with E-state index in [4.69, 9.17) is 11.1 Å². The van der Waals surface area contributed by atoms with Crippen LogP contribution in [0.3, 0.4) is 0 Å². The zero-order chi connectivity index (χ0) is 12.8. The molecule has 1 aromatic rings. The summed E-state index contributed by atoms with van der Waals surface area (Å²) >= 11 is 3.24. The number of pyridine rings is 1. The Kier molecular flexibility index (Phi) is 4.87. The van der Waals surface area contributed by atoms with Gasteiger partial charge < -0.3 is 10.3 Å². The maximum Gasteiger partial charge on any atom is 0.257 e. The van der Waals surface area contributed by atoms with Crippen molar-refractivity contribution >= 4 is 27.7 Å². The van der Waals surface area contributed by atoms with Crippen LogP contribution in [0.25, 0.3) is 0 Å². The number of rotatable bonds is 4. The highest BCUT2D eigenvalue weighted by Crippen LogP contribution is 2.18. The zero-order valence-electron chi connectivity index (χ0n) is 9.27. The predicted molar refractivity (Wildman–Crippen MR) is 66.9 cm³/mol. The van der Waals surface area contributed by atoms with Crippen LogP contribution in [0, 0.1) is 11.3 Å². The largest absolute Gasteiger partial charge is 0.341 e. The first kappa shape index (κ1) is 13.4. The molecule has 0 spiro atoms. The van der Waals surface area contributed by atoms with Crippen LogP contribution in [0.1, 0.15) is 16.8 Å². The van der Waals surface area contributed by atoms with E-state index in [0.29, 0.717) is 22.4 Å². The molecule has 0 unspecified atom stereocenters. The minimum Gasteiger partial charge on any atom is -0.341 e. The molecule has 3 N–H and O–H groups in total. The zero-order valence-corrected chi connectivity index (χ0v) is 10.9. The third-order valence-electron chi connectivity index (χ3n) is 2.13. The molecule has 90 valence electrons. The molecule has 0 atom stereocenters. The smallest absolute Gasteiger partial charge is 0.257 e. The molecule has 1 rings (SSSR count). The van der Waals surface area contributed by atoms with Crippen LogP contribution in [-0.4, -0.2) is 29.4 Å². The number of hydrogen-bond acceptors (Lipinski definition) is 5. The van der Waals surface area contributed by atoms with Gasteiger partial charge in [-0.15, -0.1) is 0 Å². The summed E-state index contributed by atoms with van der Waals surface area (Å²) in [6.45, 7) is 0.367. The van der Waals surface area contributed by atoms with Crippen LogP contribution >= 0.6 is 15.9 Å². The Morgan fingerprint density at radius 3 is 3.06 bits per heavy atom. The van der Waals surface area contributed by atoms with Crippen molar-refractivity contribution < 1.29 is 4.79 Å². The second-order valence-corrected chi connectivity index (χ2v) is 4.24. The summed E-state index contributed by atoms with van der Waals surface area (Å²) in [6, 6.07) is 3.62. The number of halogens is 1. The lowest BCUT2D eigenvalue weighted by atomic mass is 10.2. The molecule has 1 heterocycles. The molecule has 0 fully saturated rings. The van der Waals surface area contributed by atoms with Gasteiger partial charge in [-0.2, -0.15) is 5.26 Å². The predicted octanol–water partition coefficient (Wildman–Crippen LogP) is 1.12. The van der Waals surface area contributed by atoms with Gasteiger partial charge in [0.2, 0.25) is 0 Å². The molecule has 1 aromatic heterocycles. The summed E-state index contributed by atoms with van der Waals surface area (Å²) in [5.41, 5.74) is 2.73. The fourth-order valence-electron chi connectivity index (χ4n) is 1.24. The summed E-state index contributed by atoms with van der Waals surface area (Å²) in [5.74, 6) is 5.36. The van der Waals surface area contributed by atoms with E-state index < -0.39 is 0 Å². The molecule has 7 heteroatoms. The summed E-state index contributed by atoms with van der Waals surface area (Å²) in [4.78, 5) is 17.5. The van der Waals surface area contributed by atoms with E-state index in [0.717, 1.165) is 0 Å². The number of carbonyl (C=O) groups is 1. The Hall–Kier alpha value is -1.65. The number of nitrogens with zero attached hydrogens (tertiary/aromatic N) is 3. The van der Waals surface area contributed by atoms with E-state index in [1.165, 1.54) is 4.90 Å². The van der Waals surface area contributed by atoms with Crippen LogP contribution in [0.4, 0.5) is 5.82 Å². The Morgan fingerprint density at radius 2 is 2.47 bits per heavy atom. The molecule has 6 nitrogen and oxygen atoms in total. The van der Waals surface area contributed by atoms with Gasteiger partial charge in [0.1, 0.15) is 0 Å². The van der Waals surface area contributed by atoms with E-state index in [-0.39, 0.29) is 12.3 Å². The number of aromatic nitrogens is 1. The first-order chi connectivity index (χ1) is 8.10. The van der Waals surface area contributed by atoms with Crippen LogP contribution < -0.4 is 11.3 Å². The van der Waals surface area contributed by atoms with E-state index in [1.807, 2.05) is 6.07 Å². The number of nitrogens with two attached hydrogens (primary N) is 1. The third-order valence-corrected chi connectivity index (χ3v) is 2.56. The highest BCUT2D eigenvalue weighted by molar-refractivity contribution is 9.10. The van der Waals surface area contributed by atoms with Gasteiger partial charge in [0.25, 0.3) is 5.91 Å². The van der Waals surface area contributed by atoms with E-state index in [9.17, 15) is 4.79 Å². The van der Waals surface area contributed by atoms with Crippen molar-refractivity contribution in [3.8, 4) is 6.07 Å². The summed E-state index contributed by atoms with van der Waals surface area (Å²) in [5, 5.41) is 8.47. The highest BCUT2D eigenvalue weighted by atomic mass is 79.9. The maximum absolute atomic E-state index is 12.0. The number of nitriles is 1. The van der Waals surface area contributed by atoms with Gasteiger partial charge in [0.15, 0.2) is 5.82 Å². The first-order valence-corrected chi connectivity index (χ1v) is 5.64. The molecule has 0 radical (unpaired) electrons. The molecule has 0 bridgehead atoms. The van der Waals surface area contributed by atoms with Crippen molar-refractivity contribution in [3.05, 3.63) is 22.3 Å². The second-order valence-electron chi connectivity index (χ2n) is 3.33. The van der Waals surface area contributed by atoms with E-state index >= 15 is 0 Å². The van der Waals surface area contributed by atoms with Crippen molar-refractivity contribution in [2.24, 2.45) is 5.84 Å². The van der Waals surface area contributed by atoms with Crippen molar-refractivity contribution in [2.45, 2.75) is 6.42 Å². The van der Waals surface area contributed by atoms with Gasteiger partial charge in [-0.1, -0.05) is 0 Å². The lowest BCUT2D eigenvalue weighted by Gasteiger charge is -2.17. The lowest BCUT2D eigenvalue weighted by molar-refractivity contribution is 0.0798. The lowest BCUT2D eigenvalue weighted by Crippen LogP contribution is -2.29. The topological polar surface area (TPSA) is 95.0 Å². The quantitative estimate of drug-likeness (QED) is 0.641. The Labute approximate surface area is 108 Å². The molecule has 0 aliphatic carbocycles. The normalized spacial score (nSPS) is 9.53. The number of amides is 1. The second kappa shape index (κ2) is 6.18. The third kappa shape index (κ3) is 3.41. The van der Waals surface area contributed by atoms with Gasteiger partial charge in [0.05, 0.1) is 18.1 Å². The monoisotopic (exact) mass is 297 g/mol. The van der Waals surface area contributed by atoms with Gasteiger partial charge in [0, 0.05) is 24.3 Å². The maximum atomic E-state index is 12.0. The Balaban J connectivity index is 2.95. The molecule has 0 aliphatic heterocycles. The number of hydrogen-bond donors (Lipinski definition) is 2. The first-order valence-electron chi connectivity index (χ1n) is 4.84. The molecule has 1 amide bonds. The molecular formula is C10H12BrN5O. The number of nitrogens with one attached hydrogen (secondary N) is 1. The Morgan fingerprint density at radius 1 is 1.76 bits per heavy atom. The van der Waals surface area contributed by atoms with Gasteiger partial charge in [-0.05, 0) is 22.0 Å². The summed E-state index contributed by atoms with van der Waals surface area (Å²) in [6.07, 6.45) is 1.83. The van der Waals surface area contributed by atoms with Crippen molar-refractivity contribution in [2.75, 3.05) is 19.0 Å². The average molecular weight is 298 g/mol. The van der Waals surface area contributed by atoms with E-state index in [1.54, 1.807) is 19.3 Å². The average Bonchev–Trinajstić information content (AvgIpc) is 2.34. The van der Waals surface area contributed by atoms with Crippen LogP contribution in [0.5, 0.6) is 0 Å². The Bertz CT molecular complexity index is 456. The summed E-state index contributed by atoms with van der Waals surface area (Å²) < 4.78 is 0.688. The molecule has 0 saturated carbocycles. The standard InChI is InChI=1S/C10H12BrN5O/c1-16(4-2-3-12)10(17)8-5-7(11)6-14-9(8)15-13/h5-6H,2,4,13H2,1H3,(H,14,15). The number of nitrogen functional groups attached to an aromatic ring is 1. The highest BCUT2D eigenvalue weighted by Gasteiger charge is 2.16. The van der Waals surface area contributed by atoms with Crippen molar-refractivity contribution in [3.63, 3.8) is 0 Å². The van der Waals surface area contributed by atoms with E-state index in [2.05, 4.69) is 26.3 Å². The molecule has 0 aliphatic rings. The minimum absolute atomic E-state index is 0.234. The van der Waals surface area contributed by atoms with Gasteiger partial charge >= 0.3 is 0 Å². The van der Waals surface area contributed by atoms with Crippen LogP contribution in [0.15, 0.2) is 16.7 Å².